The summed E-state index contributed by atoms with van der Waals surface area (Å²) in [4.78, 5) is 14.9. The standard InChI is InChI=1S/C21H37N3O/c1-8-24(9-2)17(14-16(3)4)15-22-20(25)23-19-13-11-10-12-18(19)21(5,6)7/h10-13,16-17H,8-9,14-15H2,1-7H3,(H2,22,23,25)/t17-/m0/s1. The molecule has 142 valence electrons. The van der Waals surface area contributed by atoms with Crippen LogP contribution in [0.2, 0.25) is 0 Å². The third kappa shape index (κ3) is 7.07. The Bertz CT molecular complexity index is 530. The average molecular weight is 348 g/mol. The normalized spacial score (nSPS) is 13.2. The van der Waals surface area contributed by atoms with Gasteiger partial charge in [0, 0.05) is 18.3 Å². The molecular formula is C21H37N3O. The van der Waals surface area contributed by atoms with E-state index in [0.717, 1.165) is 30.8 Å². The first kappa shape index (κ1) is 21.5. The Morgan fingerprint density at radius 1 is 1.12 bits per heavy atom. The maximum absolute atomic E-state index is 12.4. The number of anilines is 1. The number of nitrogens with zero attached hydrogens (tertiary/aromatic N) is 1. The van der Waals surface area contributed by atoms with Crippen molar-refractivity contribution >= 4 is 11.7 Å². The minimum absolute atomic E-state index is 0.00866. The van der Waals surface area contributed by atoms with Gasteiger partial charge in [0.2, 0.25) is 0 Å². The first-order valence-electron chi connectivity index (χ1n) is 9.57. The van der Waals surface area contributed by atoms with Crippen molar-refractivity contribution in [3.63, 3.8) is 0 Å². The highest BCUT2D eigenvalue weighted by atomic mass is 16.2. The zero-order valence-electron chi connectivity index (χ0n) is 17.1. The van der Waals surface area contributed by atoms with Gasteiger partial charge in [0.15, 0.2) is 0 Å². The third-order valence-electron chi connectivity index (χ3n) is 4.55. The van der Waals surface area contributed by atoms with Crippen molar-refractivity contribution in [1.29, 1.82) is 0 Å². The third-order valence-corrected chi connectivity index (χ3v) is 4.55. The first-order valence-corrected chi connectivity index (χ1v) is 9.57. The van der Waals surface area contributed by atoms with Crippen LogP contribution in [0.5, 0.6) is 0 Å². The fourth-order valence-corrected chi connectivity index (χ4v) is 3.27. The van der Waals surface area contributed by atoms with Gasteiger partial charge in [-0.3, -0.25) is 4.90 Å². The Hall–Kier alpha value is -1.55. The van der Waals surface area contributed by atoms with E-state index in [1.54, 1.807) is 0 Å². The van der Waals surface area contributed by atoms with Gasteiger partial charge in [0.1, 0.15) is 0 Å². The lowest BCUT2D eigenvalue weighted by atomic mass is 9.86. The number of carbonyl (C=O) groups excluding carboxylic acids is 1. The predicted octanol–water partition coefficient (Wildman–Crippen LogP) is 4.86. The Morgan fingerprint density at radius 2 is 1.72 bits per heavy atom. The fraction of sp³-hybridized carbons (Fsp3) is 0.667. The summed E-state index contributed by atoms with van der Waals surface area (Å²) in [5.74, 6) is 0.608. The summed E-state index contributed by atoms with van der Waals surface area (Å²) in [5.41, 5.74) is 2.02. The summed E-state index contributed by atoms with van der Waals surface area (Å²) < 4.78 is 0. The van der Waals surface area contributed by atoms with Crippen molar-refractivity contribution in [1.82, 2.24) is 10.2 Å². The molecule has 0 aliphatic carbocycles. The zero-order valence-corrected chi connectivity index (χ0v) is 17.1. The van der Waals surface area contributed by atoms with E-state index in [1.165, 1.54) is 0 Å². The van der Waals surface area contributed by atoms with Crippen LogP contribution < -0.4 is 10.6 Å². The van der Waals surface area contributed by atoms with Crippen LogP contribution in [-0.2, 0) is 5.41 Å². The largest absolute Gasteiger partial charge is 0.336 e. The second kappa shape index (κ2) is 9.81. The molecule has 0 heterocycles. The minimum Gasteiger partial charge on any atom is -0.336 e. The van der Waals surface area contributed by atoms with E-state index in [4.69, 9.17) is 0 Å². The Labute approximate surface area is 154 Å². The Morgan fingerprint density at radius 3 is 2.24 bits per heavy atom. The molecule has 4 nitrogen and oxygen atoms in total. The number of urea groups is 1. The summed E-state index contributed by atoms with van der Waals surface area (Å²) >= 11 is 0. The molecule has 2 amide bonds. The van der Waals surface area contributed by atoms with Crippen molar-refractivity contribution < 1.29 is 4.79 Å². The van der Waals surface area contributed by atoms with Gasteiger partial charge in [-0.05, 0) is 42.5 Å². The molecule has 2 N–H and O–H groups in total. The molecule has 1 atom stereocenters. The van der Waals surface area contributed by atoms with Crippen LogP contribution in [0.25, 0.3) is 0 Å². The van der Waals surface area contributed by atoms with Crippen molar-refractivity contribution in [2.75, 3.05) is 25.0 Å². The molecule has 0 aliphatic heterocycles. The number of hydrogen-bond donors (Lipinski definition) is 2. The molecule has 0 saturated heterocycles. The maximum atomic E-state index is 12.4. The smallest absolute Gasteiger partial charge is 0.319 e. The topological polar surface area (TPSA) is 44.4 Å². The molecule has 0 spiro atoms. The van der Waals surface area contributed by atoms with Gasteiger partial charge >= 0.3 is 6.03 Å². The van der Waals surface area contributed by atoms with Crippen molar-refractivity contribution in [2.45, 2.75) is 66.3 Å². The molecule has 1 aromatic rings. The molecule has 0 bridgehead atoms. The average Bonchev–Trinajstić information content (AvgIpc) is 2.52. The zero-order chi connectivity index (χ0) is 19.0. The van der Waals surface area contributed by atoms with E-state index >= 15 is 0 Å². The number of amides is 2. The van der Waals surface area contributed by atoms with Crippen LogP contribution >= 0.6 is 0 Å². The highest BCUT2D eigenvalue weighted by Gasteiger charge is 2.20. The quantitative estimate of drug-likeness (QED) is 0.705. The van der Waals surface area contributed by atoms with Crippen LogP contribution in [0.1, 0.15) is 60.5 Å². The van der Waals surface area contributed by atoms with Crippen LogP contribution in [0, 0.1) is 5.92 Å². The van der Waals surface area contributed by atoms with E-state index in [1.807, 2.05) is 18.2 Å². The molecule has 0 saturated carbocycles. The lowest BCUT2D eigenvalue weighted by molar-refractivity contribution is 0.186. The summed E-state index contributed by atoms with van der Waals surface area (Å²) in [6.45, 7) is 18.0. The van der Waals surface area contributed by atoms with E-state index in [2.05, 4.69) is 70.1 Å². The van der Waals surface area contributed by atoms with E-state index in [9.17, 15) is 4.79 Å². The Balaban J connectivity index is 2.73. The SMILES string of the molecule is CCN(CC)[C@H](CNC(=O)Nc1ccccc1C(C)(C)C)CC(C)C. The molecule has 1 rings (SSSR count). The van der Waals surface area contributed by atoms with Gasteiger partial charge in [-0.2, -0.15) is 0 Å². The number of nitrogens with one attached hydrogen (secondary N) is 2. The van der Waals surface area contributed by atoms with E-state index < -0.39 is 0 Å². The number of carbonyl (C=O) groups is 1. The second-order valence-electron chi connectivity index (χ2n) is 8.14. The molecule has 0 aliphatic rings. The van der Waals surface area contributed by atoms with Gasteiger partial charge in [-0.1, -0.05) is 66.7 Å². The van der Waals surface area contributed by atoms with Crippen molar-refractivity contribution in [3.05, 3.63) is 29.8 Å². The fourth-order valence-electron chi connectivity index (χ4n) is 3.27. The number of para-hydroxylation sites is 1. The highest BCUT2D eigenvalue weighted by molar-refractivity contribution is 5.90. The van der Waals surface area contributed by atoms with Gasteiger partial charge in [-0.25, -0.2) is 4.79 Å². The monoisotopic (exact) mass is 347 g/mol. The number of rotatable bonds is 8. The van der Waals surface area contributed by atoms with Crippen LogP contribution in [0.3, 0.4) is 0 Å². The van der Waals surface area contributed by atoms with Crippen LogP contribution in [0.4, 0.5) is 10.5 Å². The second-order valence-corrected chi connectivity index (χ2v) is 8.14. The van der Waals surface area contributed by atoms with Gasteiger partial charge in [-0.15, -0.1) is 0 Å². The molecule has 0 aromatic heterocycles. The van der Waals surface area contributed by atoms with Gasteiger partial charge < -0.3 is 10.6 Å². The molecule has 1 aromatic carbocycles. The van der Waals surface area contributed by atoms with Crippen molar-refractivity contribution in [3.8, 4) is 0 Å². The minimum atomic E-state index is -0.127. The predicted molar refractivity (Wildman–Crippen MR) is 108 cm³/mol. The van der Waals surface area contributed by atoms with E-state index in [-0.39, 0.29) is 11.4 Å². The molecule has 0 unspecified atom stereocenters. The van der Waals surface area contributed by atoms with E-state index in [0.29, 0.717) is 18.5 Å². The van der Waals surface area contributed by atoms with Crippen LogP contribution in [0.15, 0.2) is 24.3 Å². The summed E-state index contributed by atoms with van der Waals surface area (Å²) in [5, 5.41) is 6.10. The lowest BCUT2D eigenvalue weighted by Crippen LogP contribution is -2.45. The lowest BCUT2D eigenvalue weighted by Gasteiger charge is -2.31. The summed E-state index contributed by atoms with van der Waals surface area (Å²) in [6.07, 6.45) is 1.08. The molecule has 0 radical (unpaired) electrons. The molecular weight excluding hydrogens is 310 g/mol. The maximum Gasteiger partial charge on any atom is 0.319 e. The van der Waals surface area contributed by atoms with Gasteiger partial charge in [0.05, 0.1) is 0 Å². The van der Waals surface area contributed by atoms with Crippen molar-refractivity contribution in [2.24, 2.45) is 5.92 Å². The molecule has 25 heavy (non-hydrogen) atoms. The number of hydrogen-bond acceptors (Lipinski definition) is 2. The number of benzene rings is 1. The molecule has 4 heteroatoms. The summed E-state index contributed by atoms with van der Waals surface area (Å²) in [6, 6.07) is 8.27. The Kier molecular flexibility index (Phi) is 8.43. The molecule has 0 fully saturated rings. The van der Waals surface area contributed by atoms with Crippen LogP contribution in [-0.4, -0.2) is 36.6 Å². The summed E-state index contributed by atoms with van der Waals surface area (Å²) in [7, 11) is 0. The number of likely N-dealkylation sites (N-methyl/N-ethyl adjacent to an activating group) is 1. The van der Waals surface area contributed by atoms with Gasteiger partial charge in [0.25, 0.3) is 0 Å². The highest BCUT2D eigenvalue weighted by Crippen LogP contribution is 2.29. The first-order chi connectivity index (χ1) is 11.7.